The Kier molecular flexibility index (Phi) is 3.31. The number of hydrogen-bond donors (Lipinski definition) is 0. The first-order valence-corrected chi connectivity index (χ1v) is 6.19. The molecule has 2 aromatic rings. The average Bonchev–Trinajstić information content (AvgIpc) is 2.19. The van der Waals surface area contributed by atoms with E-state index in [0.717, 1.165) is 11.0 Å². The minimum absolute atomic E-state index is 0.994. The van der Waals surface area contributed by atoms with Crippen LogP contribution in [0.1, 0.15) is 11.1 Å². The van der Waals surface area contributed by atoms with Gasteiger partial charge >= 0.3 is 0 Å². The molecule has 0 spiro atoms. The monoisotopic (exact) mass is 277 g/mol. The van der Waals surface area contributed by atoms with Gasteiger partial charge in [0.25, 0.3) is 0 Å². The van der Waals surface area contributed by atoms with E-state index in [4.69, 9.17) is 0 Å². The fraction of sp³-hybridized carbons (Fsp3) is 0.286. The number of fused-ring (bicyclic) bond motifs is 1. The fourth-order valence-electron chi connectivity index (χ4n) is 1.94. The molecule has 16 heavy (non-hydrogen) atoms. The van der Waals surface area contributed by atoms with Crippen LogP contribution in [0.5, 0.6) is 0 Å². The lowest BCUT2D eigenvalue weighted by Gasteiger charge is -2.13. The Labute approximate surface area is 105 Å². The van der Waals surface area contributed by atoms with Crippen LogP contribution in [0.3, 0.4) is 0 Å². The van der Waals surface area contributed by atoms with E-state index in [1.807, 2.05) is 0 Å². The van der Waals surface area contributed by atoms with Gasteiger partial charge in [-0.25, -0.2) is 0 Å². The van der Waals surface area contributed by atoms with Crippen LogP contribution >= 0.6 is 15.9 Å². The van der Waals surface area contributed by atoms with Crippen LogP contribution in [0.2, 0.25) is 0 Å². The predicted octanol–water partition coefficient (Wildman–Crippen LogP) is 3.97. The van der Waals surface area contributed by atoms with E-state index in [9.17, 15) is 0 Å². The normalized spacial score (nSPS) is 11.3. The predicted molar refractivity (Wildman–Crippen MR) is 73.8 cm³/mol. The number of rotatable bonds is 2. The van der Waals surface area contributed by atoms with Crippen LogP contribution in [-0.2, 0) is 6.54 Å². The molecule has 1 nitrogen and oxygen atoms in total. The maximum Gasteiger partial charge on any atom is 0.0230 e. The molecule has 2 rings (SSSR count). The second-order valence-electron chi connectivity index (χ2n) is 4.51. The van der Waals surface area contributed by atoms with Crippen molar-refractivity contribution in [3.8, 4) is 0 Å². The van der Waals surface area contributed by atoms with Crippen molar-refractivity contribution in [2.24, 2.45) is 0 Å². The molecule has 0 unspecified atom stereocenters. The van der Waals surface area contributed by atoms with E-state index >= 15 is 0 Å². The quantitative estimate of drug-likeness (QED) is 0.803. The maximum atomic E-state index is 3.52. The van der Waals surface area contributed by atoms with Gasteiger partial charge in [-0.3, -0.25) is 0 Å². The van der Waals surface area contributed by atoms with Gasteiger partial charge in [-0.05, 0) is 61.1 Å². The summed E-state index contributed by atoms with van der Waals surface area (Å²) in [5.41, 5.74) is 2.76. The lowest BCUT2D eigenvalue weighted by molar-refractivity contribution is 0.402. The van der Waals surface area contributed by atoms with E-state index in [2.05, 4.69) is 72.2 Å². The molecule has 2 heteroatoms. The third kappa shape index (κ3) is 2.45. The molecule has 0 radical (unpaired) electrons. The summed E-state index contributed by atoms with van der Waals surface area (Å²) in [7, 11) is 4.20. The summed E-state index contributed by atoms with van der Waals surface area (Å²) in [6, 6.07) is 11.0. The van der Waals surface area contributed by atoms with Crippen molar-refractivity contribution in [3.05, 3.63) is 45.9 Å². The van der Waals surface area contributed by atoms with E-state index in [-0.39, 0.29) is 0 Å². The summed E-state index contributed by atoms with van der Waals surface area (Å²) in [4.78, 5) is 2.20. The number of benzene rings is 2. The zero-order chi connectivity index (χ0) is 11.7. The smallest absolute Gasteiger partial charge is 0.0230 e. The third-order valence-corrected chi connectivity index (χ3v) is 3.24. The molecule has 0 saturated heterocycles. The second-order valence-corrected chi connectivity index (χ2v) is 5.42. The zero-order valence-electron chi connectivity index (χ0n) is 9.92. The first-order valence-electron chi connectivity index (χ1n) is 5.40. The van der Waals surface area contributed by atoms with E-state index in [1.165, 1.54) is 21.9 Å². The molecule has 2 aromatic carbocycles. The molecule has 0 aliphatic rings. The minimum Gasteiger partial charge on any atom is -0.305 e. The zero-order valence-corrected chi connectivity index (χ0v) is 11.5. The average molecular weight is 278 g/mol. The Hall–Kier alpha value is -0.860. The van der Waals surface area contributed by atoms with Crippen LogP contribution in [0, 0.1) is 6.92 Å². The summed E-state index contributed by atoms with van der Waals surface area (Å²) in [5, 5.41) is 2.61. The summed E-state index contributed by atoms with van der Waals surface area (Å²) >= 11 is 3.52. The largest absolute Gasteiger partial charge is 0.305 e. The van der Waals surface area contributed by atoms with Gasteiger partial charge in [0.2, 0.25) is 0 Å². The Morgan fingerprint density at radius 2 is 1.81 bits per heavy atom. The van der Waals surface area contributed by atoms with Crippen LogP contribution < -0.4 is 0 Å². The molecule has 0 bridgehead atoms. The summed E-state index contributed by atoms with van der Waals surface area (Å²) in [6.45, 7) is 3.18. The topological polar surface area (TPSA) is 3.24 Å². The van der Waals surface area contributed by atoms with Crippen molar-refractivity contribution in [1.29, 1.82) is 0 Å². The van der Waals surface area contributed by atoms with Crippen molar-refractivity contribution < 1.29 is 0 Å². The Bertz CT molecular complexity index is 517. The van der Waals surface area contributed by atoms with Crippen molar-refractivity contribution in [1.82, 2.24) is 4.90 Å². The van der Waals surface area contributed by atoms with Crippen LogP contribution in [-0.4, -0.2) is 19.0 Å². The SMILES string of the molecule is Cc1cc2ccc(Br)cc2cc1CN(C)C. The van der Waals surface area contributed by atoms with Gasteiger partial charge in [0, 0.05) is 11.0 Å². The first kappa shape index (κ1) is 11.6. The molecule has 84 valence electrons. The minimum atomic E-state index is 0.994. The standard InChI is InChI=1S/C14H16BrN/c1-10-6-11-4-5-14(15)8-12(11)7-13(10)9-16(2)3/h4-8H,9H2,1-3H3. The Morgan fingerprint density at radius 3 is 2.50 bits per heavy atom. The molecular weight excluding hydrogens is 262 g/mol. The molecule has 0 saturated carbocycles. The van der Waals surface area contributed by atoms with Gasteiger partial charge in [0.1, 0.15) is 0 Å². The highest BCUT2D eigenvalue weighted by atomic mass is 79.9. The van der Waals surface area contributed by atoms with Gasteiger partial charge in [-0.1, -0.05) is 28.1 Å². The summed E-state index contributed by atoms with van der Waals surface area (Å²) in [5.74, 6) is 0. The van der Waals surface area contributed by atoms with Crippen molar-refractivity contribution in [2.75, 3.05) is 14.1 Å². The highest BCUT2D eigenvalue weighted by Crippen LogP contribution is 2.23. The van der Waals surface area contributed by atoms with Crippen LogP contribution in [0.25, 0.3) is 10.8 Å². The molecule has 0 amide bonds. The molecular formula is C14H16BrN. The number of aryl methyl sites for hydroxylation is 1. The molecule has 0 fully saturated rings. The van der Waals surface area contributed by atoms with Gasteiger partial charge < -0.3 is 4.90 Å². The molecule has 0 heterocycles. The second kappa shape index (κ2) is 4.56. The van der Waals surface area contributed by atoms with E-state index in [1.54, 1.807) is 0 Å². The number of halogens is 1. The summed E-state index contributed by atoms with van der Waals surface area (Å²) < 4.78 is 1.14. The highest BCUT2D eigenvalue weighted by Gasteiger charge is 2.03. The van der Waals surface area contributed by atoms with Crippen LogP contribution in [0.15, 0.2) is 34.8 Å². The molecule has 0 aliphatic carbocycles. The maximum absolute atomic E-state index is 3.52. The highest BCUT2D eigenvalue weighted by molar-refractivity contribution is 9.10. The molecule has 0 atom stereocenters. The molecule has 0 aromatic heterocycles. The van der Waals surface area contributed by atoms with Crippen molar-refractivity contribution in [3.63, 3.8) is 0 Å². The number of nitrogens with zero attached hydrogens (tertiary/aromatic N) is 1. The van der Waals surface area contributed by atoms with Gasteiger partial charge in [-0.2, -0.15) is 0 Å². The Morgan fingerprint density at radius 1 is 1.06 bits per heavy atom. The van der Waals surface area contributed by atoms with Crippen molar-refractivity contribution >= 4 is 26.7 Å². The fourth-order valence-corrected chi connectivity index (χ4v) is 2.32. The first-order chi connectivity index (χ1) is 7.56. The van der Waals surface area contributed by atoms with Gasteiger partial charge in [0.05, 0.1) is 0 Å². The van der Waals surface area contributed by atoms with Crippen molar-refractivity contribution in [2.45, 2.75) is 13.5 Å². The number of hydrogen-bond acceptors (Lipinski definition) is 1. The van der Waals surface area contributed by atoms with E-state index in [0.29, 0.717) is 0 Å². The van der Waals surface area contributed by atoms with Crippen LogP contribution in [0.4, 0.5) is 0 Å². The lowest BCUT2D eigenvalue weighted by Crippen LogP contribution is -2.11. The summed E-state index contributed by atoms with van der Waals surface area (Å²) in [6.07, 6.45) is 0. The Balaban J connectivity index is 2.55. The van der Waals surface area contributed by atoms with E-state index < -0.39 is 0 Å². The van der Waals surface area contributed by atoms with Gasteiger partial charge in [0.15, 0.2) is 0 Å². The van der Waals surface area contributed by atoms with Gasteiger partial charge in [-0.15, -0.1) is 0 Å². The molecule has 0 aliphatic heterocycles. The third-order valence-electron chi connectivity index (χ3n) is 2.74. The molecule has 0 N–H and O–H groups in total. The lowest BCUT2D eigenvalue weighted by atomic mass is 10.0.